The number of aromatic nitrogens is 3. The molecule has 0 aromatic carbocycles. The molecule has 92 valence electrons. The molecule has 0 aliphatic heterocycles. The molecule has 0 saturated heterocycles. The first-order valence-electron chi connectivity index (χ1n) is 5.98. The van der Waals surface area contributed by atoms with Gasteiger partial charge in [-0.3, -0.25) is 0 Å². The molecule has 5 nitrogen and oxygen atoms in total. The Kier molecular flexibility index (Phi) is 6.03. The van der Waals surface area contributed by atoms with Gasteiger partial charge in [-0.15, -0.1) is 0 Å². The van der Waals surface area contributed by atoms with Crippen LogP contribution in [0.15, 0.2) is 12.7 Å². The standard InChI is InChI=1S/C11H23N5/c1-10(2)14-6-4-5-12-7-11(3)16-9-13-8-15-16/h8-12,14H,4-7H2,1-3H3. The summed E-state index contributed by atoms with van der Waals surface area (Å²) in [5.41, 5.74) is 0. The first kappa shape index (κ1) is 13.1. The number of hydrogen-bond acceptors (Lipinski definition) is 4. The highest BCUT2D eigenvalue weighted by Crippen LogP contribution is 1.98. The van der Waals surface area contributed by atoms with Crippen LogP contribution >= 0.6 is 0 Å². The van der Waals surface area contributed by atoms with Crippen LogP contribution < -0.4 is 10.6 Å². The highest BCUT2D eigenvalue weighted by molar-refractivity contribution is 4.67. The van der Waals surface area contributed by atoms with E-state index in [1.54, 1.807) is 12.7 Å². The minimum absolute atomic E-state index is 0.362. The zero-order valence-corrected chi connectivity index (χ0v) is 10.5. The minimum Gasteiger partial charge on any atom is -0.315 e. The maximum Gasteiger partial charge on any atom is 0.137 e. The Bertz CT molecular complexity index is 257. The zero-order valence-electron chi connectivity index (χ0n) is 10.5. The van der Waals surface area contributed by atoms with Gasteiger partial charge in [-0.25, -0.2) is 9.67 Å². The van der Waals surface area contributed by atoms with E-state index >= 15 is 0 Å². The van der Waals surface area contributed by atoms with E-state index in [1.807, 2.05) is 4.68 Å². The summed E-state index contributed by atoms with van der Waals surface area (Å²) < 4.78 is 1.87. The van der Waals surface area contributed by atoms with Crippen LogP contribution in [0.2, 0.25) is 0 Å². The molecule has 0 spiro atoms. The van der Waals surface area contributed by atoms with Crippen LogP contribution in [0.1, 0.15) is 33.2 Å². The largest absolute Gasteiger partial charge is 0.315 e. The lowest BCUT2D eigenvalue weighted by Crippen LogP contribution is -2.29. The minimum atomic E-state index is 0.362. The lowest BCUT2D eigenvalue weighted by Gasteiger charge is -2.13. The molecule has 1 unspecified atom stereocenters. The number of nitrogens with zero attached hydrogens (tertiary/aromatic N) is 3. The van der Waals surface area contributed by atoms with E-state index in [0.29, 0.717) is 12.1 Å². The smallest absolute Gasteiger partial charge is 0.137 e. The van der Waals surface area contributed by atoms with Gasteiger partial charge in [0, 0.05) is 12.6 Å². The molecule has 16 heavy (non-hydrogen) atoms. The molecule has 1 aromatic heterocycles. The fraction of sp³-hybridized carbons (Fsp3) is 0.818. The predicted octanol–water partition coefficient (Wildman–Crippen LogP) is 0.817. The van der Waals surface area contributed by atoms with Crippen molar-refractivity contribution in [3.63, 3.8) is 0 Å². The first-order chi connectivity index (χ1) is 7.70. The molecule has 0 aliphatic rings. The summed E-state index contributed by atoms with van der Waals surface area (Å²) in [6.45, 7) is 9.51. The summed E-state index contributed by atoms with van der Waals surface area (Å²) in [4.78, 5) is 3.93. The average molecular weight is 225 g/mol. The van der Waals surface area contributed by atoms with Crippen molar-refractivity contribution in [1.29, 1.82) is 0 Å². The van der Waals surface area contributed by atoms with Crippen LogP contribution in [0.25, 0.3) is 0 Å². The van der Waals surface area contributed by atoms with Crippen molar-refractivity contribution in [2.45, 2.75) is 39.3 Å². The second-order valence-corrected chi connectivity index (χ2v) is 4.39. The van der Waals surface area contributed by atoms with Crippen molar-refractivity contribution in [3.05, 3.63) is 12.7 Å². The Morgan fingerprint density at radius 3 is 2.69 bits per heavy atom. The van der Waals surface area contributed by atoms with Gasteiger partial charge >= 0.3 is 0 Å². The van der Waals surface area contributed by atoms with Crippen LogP contribution in [0.3, 0.4) is 0 Å². The normalized spacial score (nSPS) is 13.2. The number of nitrogens with one attached hydrogen (secondary N) is 2. The van der Waals surface area contributed by atoms with Gasteiger partial charge in [-0.2, -0.15) is 5.10 Å². The van der Waals surface area contributed by atoms with Gasteiger partial charge in [0.1, 0.15) is 12.7 Å². The molecule has 0 fully saturated rings. The van der Waals surface area contributed by atoms with Gasteiger partial charge in [0.15, 0.2) is 0 Å². The third-order valence-corrected chi connectivity index (χ3v) is 2.41. The number of rotatable bonds is 8. The molecule has 2 N–H and O–H groups in total. The van der Waals surface area contributed by atoms with Gasteiger partial charge in [-0.1, -0.05) is 13.8 Å². The van der Waals surface area contributed by atoms with Gasteiger partial charge in [-0.05, 0) is 26.4 Å². The highest BCUT2D eigenvalue weighted by atomic mass is 15.3. The summed E-state index contributed by atoms with van der Waals surface area (Å²) >= 11 is 0. The Morgan fingerprint density at radius 2 is 2.06 bits per heavy atom. The van der Waals surface area contributed by atoms with Gasteiger partial charge < -0.3 is 10.6 Å². The lowest BCUT2D eigenvalue weighted by atomic mass is 10.3. The van der Waals surface area contributed by atoms with E-state index in [9.17, 15) is 0 Å². The summed E-state index contributed by atoms with van der Waals surface area (Å²) in [5.74, 6) is 0. The quantitative estimate of drug-likeness (QED) is 0.643. The molecular formula is C11H23N5. The molecule has 0 amide bonds. The summed E-state index contributed by atoms with van der Waals surface area (Å²) in [6.07, 6.45) is 4.48. The molecule has 1 atom stereocenters. The maximum absolute atomic E-state index is 4.11. The molecule has 5 heteroatoms. The van der Waals surface area contributed by atoms with Crippen molar-refractivity contribution < 1.29 is 0 Å². The van der Waals surface area contributed by atoms with Crippen LogP contribution in [0, 0.1) is 0 Å². The summed E-state index contributed by atoms with van der Waals surface area (Å²) in [7, 11) is 0. The molecule has 1 aromatic rings. The Balaban J connectivity index is 1.99. The van der Waals surface area contributed by atoms with Crippen molar-refractivity contribution in [3.8, 4) is 0 Å². The second-order valence-electron chi connectivity index (χ2n) is 4.39. The topological polar surface area (TPSA) is 54.8 Å². The maximum atomic E-state index is 4.11. The zero-order chi connectivity index (χ0) is 11.8. The van der Waals surface area contributed by atoms with Crippen LogP contribution in [0.5, 0.6) is 0 Å². The monoisotopic (exact) mass is 225 g/mol. The molecule has 0 radical (unpaired) electrons. The van der Waals surface area contributed by atoms with E-state index in [0.717, 1.165) is 26.1 Å². The predicted molar refractivity (Wildman–Crippen MR) is 65.4 cm³/mol. The van der Waals surface area contributed by atoms with Crippen molar-refractivity contribution in [2.75, 3.05) is 19.6 Å². The third kappa shape index (κ3) is 5.23. The molecular weight excluding hydrogens is 202 g/mol. The second kappa shape index (κ2) is 7.35. The Labute approximate surface area is 97.6 Å². The van der Waals surface area contributed by atoms with Gasteiger partial charge in [0.25, 0.3) is 0 Å². The van der Waals surface area contributed by atoms with Crippen molar-refractivity contribution >= 4 is 0 Å². The van der Waals surface area contributed by atoms with Crippen LogP contribution in [0.4, 0.5) is 0 Å². The molecule has 0 saturated carbocycles. The van der Waals surface area contributed by atoms with Crippen LogP contribution in [-0.2, 0) is 0 Å². The summed E-state index contributed by atoms with van der Waals surface area (Å²) in [5, 5.41) is 10.9. The van der Waals surface area contributed by atoms with E-state index < -0.39 is 0 Å². The fourth-order valence-corrected chi connectivity index (χ4v) is 1.45. The van der Waals surface area contributed by atoms with E-state index in [1.165, 1.54) is 0 Å². The van der Waals surface area contributed by atoms with E-state index in [4.69, 9.17) is 0 Å². The lowest BCUT2D eigenvalue weighted by molar-refractivity contribution is 0.446. The average Bonchev–Trinajstić information content (AvgIpc) is 2.75. The molecule has 1 heterocycles. The first-order valence-corrected chi connectivity index (χ1v) is 5.98. The molecule has 1 rings (SSSR count). The van der Waals surface area contributed by atoms with Crippen molar-refractivity contribution in [2.24, 2.45) is 0 Å². The molecule has 0 aliphatic carbocycles. The third-order valence-electron chi connectivity index (χ3n) is 2.41. The van der Waals surface area contributed by atoms with Gasteiger partial charge in [0.2, 0.25) is 0 Å². The Morgan fingerprint density at radius 1 is 1.25 bits per heavy atom. The van der Waals surface area contributed by atoms with Gasteiger partial charge in [0.05, 0.1) is 6.04 Å². The summed E-state index contributed by atoms with van der Waals surface area (Å²) in [6, 6.07) is 0.939. The highest BCUT2D eigenvalue weighted by Gasteiger charge is 2.03. The fourth-order valence-electron chi connectivity index (χ4n) is 1.45. The van der Waals surface area contributed by atoms with E-state index in [-0.39, 0.29) is 0 Å². The SMILES string of the molecule is CC(C)NCCCNCC(C)n1cncn1. The van der Waals surface area contributed by atoms with Crippen LogP contribution in [-0.4, -0.2) is 40.4 Å². The molecule has 0 bridgehead atoms. The number of hydrogen-bond donors (Lipinski definition) is 2. The van der Waals surface area contributed by atoms with E-state index in [2.05, 4.69) is 41.5 Å². The Hall–Kier alpha value is -0.940. The van der Waals surface area contributed by atoms with Crippen molar-refractivity contribution in [1.82, 2.24) is 25.4 Å².